The predicted molar refractivity (Wildman–Crippen MR) is 113 cm³/mol. The van der Waals surface area contributed by atoms with E-state index in [0.29, 0.717) is 0 Å². The van der Waals surface area contributed by atoms with Gasteiger partial charge in [0, 0.05) is 42.9 Å². The lowest BCUT2D eigenvalue weighted by Gasteiger charge is -2.40. The van der Waals surface area contributed by atoms with E-state index in [2.05, 4.69) is 58.3 Å². The highest BCUT2D eigenvalue weighted by molar-refractivity contribution is 5.55. The van der Waals surface area contributed by atoms with E-state index in [1.807, 2.05) is 12.3 Å². The minimum Gasteiger partial charge on any atom is -0.297 e. The lowest BCUT2D eigenvalue weighted by Crippen LogP contribution is -2.45. The van der Waals surface area contributed by atoms with Crippen molar-refractivity contribution in [2.45, 2.75) is 51.0 Å². The van der Waals surface area contributed by atoms with Crippen LogP contribution in [-0.2, 0) is 24.8 Å². The minimum atomic E-state index is 0.153. The summed E-state index contributed by atoms with van der Waals surface area (Å²) in [5, 5.41) is 0. The average molecular weight is 386 g/mol. The molecule has 3 aromatic rings. The van der Waals surface area contributed by atoms with Gasteiger partial charge in [-0.1, -0.05) is 37.3 Å². The molecule has 5 nitrogen and oxygen atoms in total. The zero-order chi connectivity index (χ0) is 19.7. The van der Waals surface area contributed by atoms with Gasteiger partial charge in [-0.2, -0.15) is 0 Å². The maximum atomic E-state index is 5.11. The Morgan fingerprint density at radius 2 is 1.93 bits per heavy atom. The molecule has 1 aromatic carbocycles. The number of fused-ring (bicyclic) bond motifs is 2. The normalized spacial score (nSPS) is 21.4. The van der Waals surface area contributed by atoms with Crippen LogP contribution in [-0.4, -0.2) is 37.9 Å². The number of piperidine rings is 1. The summed E-state index contributed by atoms with van der Waals surface area (Å²) >= 11 is 0. The first kappa shape index (κ1) is 18.4. The van der Waals surface area contributed by atoms with Crippen LogP contribution in [0, 0.1) is 0 Å². The van der Waals surface area contributed by atoms with Crippen molar-refractivity contribution in [3.8, 4) is 11.4 Å². The highest BCUT2D eigenvalue weighted by Gasteiger charge is 2.43. The Kier molecular flexibility index (Phi) is 4.84. The monoisotopic (exact) mass is 385 g/mol. The molecule has 0 bridgehead atoms. The first-order valence-corrected chi connectivity index (χ1v) is 10.7. The molecule has 1 saturated heterocycles. The molecule has 148 valence electrons. The van der Waals surface area contributed by atoms with Crippen molar-refractivity contribution in [3.63, 3.8) is 0 Å². The van der Waals surface area contributed by atoms with Crippen LogP contribution in [0.3, 0.4) is 0 Å². The van der Waals surface area contributed by atoms with Crippen molar-refractivity contribution in [1.82, 2.24) is 24.8 Å². The standard InChI is InChI=1S/C24H27N5/c1-2-21-25-13-10-20(27-21)16-29-14-6-11-24(17-29)12-9-19-15-26-23(28-22(19)24)18-7-4-3-5-8-18/h3-5,7-8,10,13,15H,2,6,9,11-12,14,16-17H2,1H3. The molecule has 5 heteroatoms. The quantitative estimate of drug-likeness (QED) is 0.680. The molecule has 29 heavy (non-hydrogen) atoms. The summed E-state index contributed by atoms with van der Waals surface area (Å²) in [5.41, 5.74) is 4.99. The van der Waals surface area contributed by atoms with Crippen LogP contribution in [0.25, 0.3) is 11.4 Å². The Balaban J connectivity index is 1.42. The van der Waals surface area contributed by atoms with Gasteiger partial charge in [0.05, 0.1) is 11.4 Å². The third kappa shape index (κ3) is 3.55. The molecule has 1 fully saturated rings. The molecule has 5 rings (SSSR count). The molecular formula is C24H27N5. The van der Waals surface area contributed by atoms with E-state index in [-0.39, 0.29) is 5.41 Å². The van der Waals surface area contributed by atoms with Gasteiger partial charge in [0.1, 0.15) is 5.82 Å². The van der Waals surface area contributed by atoms with E-state index >= 15 is 0 Å². The van der Waals surface area contributed by atoms with Crippen LogP contribution in [0.5, 0.6) is 0 Å². The molecule has 1 atom stereocenters. The topological polar surface area (TPSA) is 54.8 Å². The lowest BCUT2D eigenvalue weighted by atomic mass is 9.77. The molecule has 2 aromatic heterocycles. The SMILES string of the molecule is CCc1nccc(CN2CCCC3(CCc4cnc(-c5ccccc5)nc43)C2)n1. The maximum Gasteiger partial charge on any atom is 0.159 e. The van der Waals surface area contributed by atoms with Crippen LogP contribution >= 0.6 is 0 Å². The predicted octanol–water partition coefficient (Wildman–Crippen LogP) is 3.98. The van der Waals surface area contributed by atoms with Gasteiger partial charge in [-0.25, -0.2) is 19.9 Å². The molecule has 1 aliphatic carbocycles. The summed E-state index contributed by atoms with van der Waals surface area (Å²) in [5.74, 6) is 1.78. The Labute approximate surface area is 172 Å². The number of hydrogen-bond donors (Lipinski definition) is 0. The van der Waals surface area contributed by atoms with Crippen molar-refractivity contribution >= 4 is 0 Å². The van der Waals surface area contributed by atoms with Crippen molar-refractivity contribution in [1.29, 1.82) is 0 Å². The second kappa shape index (κ2) is 7.64. The average Bonchev–Trinajstić information content (AvgIpc) is 3.11. The van der Waals surface area contributed by atoms with Gasteiger partial charge < -0.3 is 0 Å². The fourth-order valence-electron chi connectivity index (χ4n) is 4.96. The summed E-state index contributed by atoms with van der Waals surface area (Å²) < 4.78 is 0. The number of aromatic nitrogens is 4. The van der Waals surface area contributed by atoms with Crippen molar-refractivity contribution in [2.75, 3.05) is 13.1 Å². The molecule has 1 unspecified atom stereocenters. The molecule has 0 saturated carbocycles. The number of hydrogen-bond acceptors (Lipinski definition) is 5. The number of rotatable bonds is 4. The van der Waals surface area contributed by atoms with E-state index in [1.54, 1.807) is 0 Å². The largest absolute Gasteiger partial charge is 0.297 e. The van der Waals surface area contributed by atoms with Crippen LogP contribution < -0.4 is 0 Å². The lowest BCUT2D eigenvalue weighted by molar-refractivity contribution is 0.135. The van der Waals surface area contributed by atoms with E-state index in [0.717, 1.165) is 55.4 Å². The van der Waals surface area contributed by atoms with Gasteiger partial charge in [0.2, 0.25) is 0 Å². The summed E-state index contributed by atoms with van der Waals surface area (Å²) in [6, 6.07) is 12.4. The van der Waals surface area contributed by atoms with Crippen LogP contribution in [0.2, 0.25) is 0 Å². The van der Waals surface area contributed by atoms with Crippen LogP contribution in [0.4, 0.5) is 0 Å². The van der Waals surface area contributed by atoms with Gasteiger partial charge in [-0.05, 0) is 43.9 Å². The van der Waals surface area contributed by atoms with Crippen molar-refractivity contribution in [3.05, 3.63) is 71.6 Å². The molecule has 0 amide bonds. The number of likely N-dealkylation sites (tertiary alicyclic amines) is 1. The summed E-state index contributed by atoms with van der Waals surface area (Å²) in [6.45, 7) is 5.17. The van der Waals surface area contributed by atoms with Gasteiger partial charge in [0.25, 0.3) is 0 Å². The van der Waals surface area contributed by atoms with E-state index < -0.39 is 0 Å². The minimum absolute atomic E-state index is 0.153. The molecule has 0 N–H and O–H groups in total. The van der Waals surface area contributed by atoms with Gasteiger partial charge in [0.15, 0.2) is 5.82 Å². The number of benzene rings is 1. The third-order valence-corrected chi connectivity index (χ3v) is 6.39. The molecular weight excluding hydrogens is 358 g/mol. The van der Waals surface area contributed by atoms with Gasteiger partial charge in [-0.15, -0.1) is 0 Å². The zero-order valence-electron chi connectivity index (χ0n) is 17.0. The fraction of sp³-hybridized carbons (Fsp3) is 0.417. The van der Waals surface area contributed by atoms with Gasteiger partial charge >= 0.3 is 0 Å². The molecule has 0 radical (unpaired) electrons. The Morgan fingerprint density at radius 1 is 1.03 bits per heavy atom. The molecule has 3 heterocycles. The van der Waals surface area contributed by atoms with E-state index in [9.17, 15) is 0 Å². The Hall–Kier alpha value is -2.66. The Morgan fingerprint density at radius 3 is 2.79 bits per heavy atom. The fourth-order valence-corrected chi connectivity index (χ4v) is 4.96. The zero-order valence-corrected chi connectivity index (χ0v) is 17.0. The van der Waals surface area contributed by atoms with E-state index in [1.165, 1.54) is 30.5 Å². The summed E-state index contributed by atoms with van der Waals surface area (Å²) in [4.78, 5) is 21.4. The second-order valence-electron chi connectivity index (χ2n) is 8.35. The molecule has 1 aliphatic heterocycles. The Bertz CT molecular complexity index is 999. The van der Waals surface area contributed by atoms with E-state index in [4.69, 9.17) is 9.97 Å². The third-order valence-electron chi connectivity index (χ3n) is 6.39. The van der Waals surface area contributed by atoms with Crippen molar-refractivity contribution < 1.29 is 0 Å². The maximum absolute atomic E-state index is 5.11. The first-order chi connectivity index (χ1) is 14.3. The first-order valence-electron chi connectivity index (χ1n) is 10.7. The number of aryl methyl sites for hydroxylation is 2. The molecule has 1 spiro atoms. The smallest absolute Gasteiger partial charge is 0.159 e. The van der Waals surface area contributed by atoms with Crippen molar-refractivity contribution in [2.24, 2.45) is 0 Å². The van der Waals surface area contributed by atoms with Crippen LogP contribution in [0.15, 0.2) is 48.8 Å². The molecule has 2 aliphatic rings. The van der Waals surface area contributed by atoms with Crippen LogP contribution in [0.1, 0.15) is 49.0 Å². The second-order valence-corrected chi connectivity index (χ2v) is 8.35. The van der Waals surface area contributed by atoms with Gasteiger partial charge in [-0.3, -0.25) is 4.90 Å². The highest BCUT2D eigenvalue weighted by atomic mass is 15.2. The summed E-state index contributed by atoms with van der Waals surface area (Å²) in [7, 11) is 0. The highest BCUT2D eigenvalue weighted by Crippen LogP contribution is 2.44. The summed E-state index contributed by atoms with van der Waals surface area (Å²) in [6.07, 6.45) is 9.52. The number of nitrogens with zero attached hydrogens (tertiary/aromatic N) is 5.